The van der Waals surface area contributed by atoms with Crippen molar-refractivity contribution in [1.29, 1.82) is 5.26 Å². The molecule has 0 spiro atoms. The minimum absolute atomic E-state index is 0.0635. The summed E-state index contributed by atoms with van der Waals surface area (Å²) >= 11 is 0. The standard InChI is InChI=1S/C19H26N6O2/c1-6-8-10-24-18(26)15(12-20)14(4)17(19(24)27-5)22-21-16-11-13(3)25(23-16)9-7-2/h11H,6-10H2,1-5H3. The third kappa shape index (κ3) is 4.25. The molecule has 2 heterocycles. The molecule has 2 aromatic rings. The van der Waals surface area contributed by atoms with Gasteiger partial charge in [0.25, 0.3) is 5.56 Å². The van der Waals surface area contributed by atoms with Crippen LogP contribution in [0, 0.1) is 25.2 Å². The second-order valence-corrected chi connectivity index (χ2v) is 6.35. The molecule has 0 amide bonds. The number of nitrogens with zero attached hydrogens (tertiary/aromatic N) is 6. The first-order valence-corrected chi connectivity index (χ1v) is 9.16. The molecule has 8 nitrogen and oxygen atoms in total. The van der Waals surface area contributed by atoms with Gasteiger partial charge in [-0.05, 0) is 26.7 Å². The molecule has 0 aliphatic carbocycles. The maximum Gasteiger partial charge on any atom is 0.271 e. The van der Waals surface area contributed by atoms with Crippen LogP contribution in [-0.4, -0.2) is 21.5 Å². The quantitative estimate of drug-likeness (QED) is 0.651. The SMILES string of the molecule is CCCCn1c(OC)c(N=Nc2cc(C)n(CCC)n2)c(C)c(C#N)c1=O. The predicted octanol–water partition coefficient (Wildman–Crippen LogP) is 4.17. The number of methoxy groups -OCH3 is 1. The molecule has 8 heteroatoms. The summed E-state index contributed by atoms with van der Waals surface area (Å²) in [5.74, 6) is 0.797. The Morgan fingerprint density at radius 1 is 1.22 bits per heavy atom. The number of azo groups is 1. The van der Waals surface area contributed by atoms with Gasteiger partial charge in [0.1, 0.15) is 11.6 Å². The number of rotatable bonds is 8. The van der Waals surface area contributed by atoms with E-state index in [1.165, 1.54) is 11.7 Å². The minimum Gasteiger partial charge on any atom is -0.481 e. The van der Waals surface area contributed by atoms with Crippen LogP contribution in [0.2, 0.25) is 0 Å². The molecule has 2 rings (SSSR count). The molecular weight excluding hydrogens is 344 g/mol. The van der Waals surface area contributed by atoms with Crippen LogP contribution in [0.1, 0.15) is 49.9 Å². The third-order valence-corrected chi connectivity index (χ3v) is 4.33. The zero-order valence-corrected chi connectivity index (χ0v) is 16.6. The van der Waals surface area contributed by atoms with E-state index in [-0.39, 0.29) is 11.1 Å². The highest BCUT2D eigenvalue weighted by atomic mass is 16.5. The lowest BCUT2D eigenvalue weighted by molar-refractivity contribution is 0.362. The van der Waals surface area contributed by atoms with Crippen molar-refractivity contribution in [3.05, 3.63) is 33.2 Å². The van der Waals surface area contributed by atoms with E-state index in [1.807, 2.05) is 30.7 Å². The van der Waals surface area contributed by atoms with Gasteiger partial charge in [0.2, 0.25) is 5.88 Å². The van der Waals surface area contributed by atoms with Crippen LogP contribution in [0.15, 0.2) is 21.1 Å². The molecule has 0 atom stereocenters. The monoisotopic (exact) mass is 370 g/mol. The molecule has 0 unspecified atom stereocenters. The predicted molar refractivity (Wildman–Crippen MR) is 103 cm³/mol. The second-order valence-electron chi connectivity index (χ2n) is 6.35. The van der Waals surface area contributed by atoms with Crippen LogP contribution in [0.5, 0.6) is 5.88 Å². The van der Waals surface area contributed by atoms with E-state index in [4.69, 9.17) is 4.74 Å². The van der Waals surface area contributed by atoms with E-state index in [9.17, 15) is 10.1 Å². The van der Waals surface area contributed by atoms with E-state index >= 15 is 0 Å². The first-order chi connectivity index (χ1) is 13.0. The third-order valence-electron chi connectivity index (χ3n) is 4.33. The average Bonchev–Trinajstić information content (AvgIpc) is 3.00. The lowest BCUT2D eigenvalue weighted by Gasteiger charge is -2.15. The summed E-state index contributed by atoms with van der Waals surface area (Å²) in [6, 6.07) is 3.84. The average molecular weight is 370 g/mol. The fraction of sp³-hybridized carbons (Fsp3) is 0.526. The van der Waals surface area contributed by atoms with Crippen LogP contribution in [0.4, 0.5) is 11.5 Å². The highest BCUT2D eigenvalue weighted by Crippen LogP contribution is 2.33. The molecule has 0 bridgehead atoms. The Balaban J connectivity index is 2.56. The van der Waals surface area contributed by atoms with E-state index in [2.05, 4.69) is 22.3 Å². The molecule has 0 aromatic carbocycles. The molecule has 0 N–H and O–H groups in total. The molecule has 0 aliphatic heterocycles. The summed E-state index contributed by atoms with van der Waals surface area (Å²) in [7, 11) is 1.49. The van der Waals surface area contributed by atoms with Gasteiger partial charge in [-0.25, -0.2) is 0 Å². The first-order valence-electron chi connectivity index (χ1n) is 9.16. The molecule has 27 heavy (non-hydrogen) atoms. The molecule has 144 valence electrons. The van der Waals surface area contributed by atoms with Crippen LogP contribution in [-0.2, 0) is 13.1 Å². The summed E-state index contributed by atoms with van der Waals surface area (Å²) in [6.07, 6.45) is 2.68. The molecule has 2 aromatic heterocycles. The van der Waals surface area contributed by atoms with Gasteiger partial charge in [0, 0.05) is 30.4 Å². The van der Waals surface area contributed by atoms with Gasteiger partial charge in [-0.3, -0.25) is 14.0 Å². The molecule has 0 fully saturated rings. The molecule has 0 saturated heterocycles. The number of aromatic nitrogens is 3. The van der Waals surface area contributed by atoms with Gasteiger partial charge in [-0.1, -0.05) is 20.3 Å². The maximum absolute atomic E-state index is 12.6. The minimum atomic E-state index is -0.359. The number of unbranched alkanes of at least 4 members (excludes halogenated alkanes) is 1. The summed E-state index contributed by atoms with van der Waals surface area (Å²) < 4.78 is 8.80. The van der Waals surface area contributed by atoms with Crippen LogP contribution in [0.3, 0.4) is 0 Å². The van der Waals surface area contributed by atoms with Crippen molar-refractivity contribution in [3.63, 3.8) is 0 Å². The van der Waals surface area contributed by atoms with Crippen molar-refractivity contribution in [2.75, 3.05) is 7.11 Å². The van der Waals surface area contributed by atoms with Gasteiger partial charge in [-0.15, -0.1) is 10.2 Å². The van der Waals surface area contributed by atoms with Crippen molar-refractivity contribution in [2.45, 2.75) is 60.0 Å². The van der Waals surface area contributed by atoms with E-state index < -0.39 is 0 Å². The first kappa shape index (κ1) is 20.4. The lowest BCUT2D eigenvalue weighted by Crippen LogP contribution is -2.25. The van der Waals surface area contributed by atoms with Crippen LogP contribution in [0.25, 0.3) is 0 Å². The zero-order valence-electron chi connectivity index (χ0n) is 16.6. The number of pyridine rings is 1. The van der Waals surface area contributed by atoms with E-state index in [0.29, 0.717) is 29.5 Å². The Kier molecular flexibility index (Phi) is 6.88. The normalized spacial score (nSPS) is 11.1. The van der Waals surface area contributed by atoms with E-state index in [1.54, 1.807) is 6.92 Å². The number of ether oxygens (including phenoxy) is 1. The molecule has 0 aliphatic rings. The smallest absolute Gasteiger partial charge is 0.271 e. The summed E-state index contributed by atoms with van der Waals surface area (Å²) in [4.78, 5) is 12.6. The van der Waals surface area contributed by atoms with Gasteiger partial charge in [0.05, 0.1) is 7.11 Å². The fourth-order valence-electron chi connectivity index (χ4n) is 2.85. The Hall–Kier alpha value is -2.95. The van der Waals surface area contributed by atoms with Gasteiger partial charge in [0.15, 0.2) is 11.5 Å². The summed E-state index contributed by atoms with van der Waals surface area (Å²) in [6.45, 7) is 9.03. The Bertz CT molecular complexity index is 933. The lowest BCUT2D eigenvalue weighted by atomic mass is 10.1. The van der Waals surface area contributed by atoms with Gasteiger partial charge < -0.3 is 4.74 Å². The molecular formula is C19H26N6O2. The van der Waals surface area contributed by atoms with Crippen molar-refractivity contribution >= 4 is 11.5 Å². The summed E-state index contributed by atoms with van der Waals surface area (Å²) in [5.41, 5.74) is 1.55. The topological polar surface area (TPSA) is 97.6 Å². The number of hydrogen-bond acceptors (Lipinski definition) is 6. The molecule has 0 radical (unpaired) electrons. The number of hydrogen-bond donors (Lipinski definition) is 0. The van der Waals surface area contributed by atoms with Crippen molar-refractivity contribution in [3.8, 4) is 11.9 Å². The van der Waals surface area contributed by atoms with Gasteiger partial charge in [-0.2, -0.15) is 10.4 Å². The highest BCUT2D eigenvalue weighted by molar-refractivity contribution is 5.59. The van der Waals surface area contributed by atoms with Crippen molar-refractivity contribution in [2.24, 2.45) is 10.2 Å². The van der Waals surface area contributed by atoms with Crippen LogP contribution >= 0.6 is 0 Å². The van der Waals surface area contributed by atoms with E-state index in [0.717, 1.165) is 31.5 Å². The Labute approximate surface area is 159 Å². The largest absolute Gasteiger partial charge is 0.481 e. The number of aryl methyl sites for hydroxylation is 2. The fourth-order valence-corrected chi connectivity index (χ4v) is 2.85. The second kappa shape index (κ2) is 9.12. The Morgan fingerprint density at radius 2 is 1.96 bits per heavy atom. The maximum atomic E-state index is 12.6. The van der Waals surface area contributed by atoms with Gasteiger partial charge >= 0.3 is 0 Å². The molecule has 0 saturated carbocycles. The number of nitriles is 1. The highest BCUT2D eigenvalue weighted by Gasteiger charge is 2.20. The van der Waals surface area contributed by atoms with Crippen LogP contribution < -0.4 is 10.3 Å². The van der Waals surface area contributed by atoms with Crippen molar-refractivity contribution in [1.82, 2.24) is 14.3 Å². The summed E-state index contributed by atoms with van der Waals surface area (Å²) in [5, 5.41) is 22.4. The Morgan fingerprint density at radius 3 is 2.56 bits per heavy atom. The van der Waals surface area contributed by atoms with Crippen molar-refractivity contribution < 1.29 is 4.74 Å². The zero-order chi connectivity index (χ0) is 20.0.